The third-order valence-corrected chi connectivity index (χ3v) is 1.36. The number of aliphatic carboxylic acids is 1. The first-order valence-corrected chi connectivity index (χ1v) is 3.64. The summed E-state index contributed by atoms with van der Waals surface area (Å²) in [6, 6.07) is 5.98. The van der Waals surface area contributed by atoms with Gasteiger partial charge in [0.05, 0.1) is 12.5 Å². The standard InChI is InChI=1S/C9H8FNO2/c10-8-4-2-1-3-7(8)5-11-6-9(12)13/h1-5H,6H2,(H,12,13)/p-1. The van der Waals surface area contributed by atoms with Crippen LogP contribution in [-0.4, -0.2) is 18.7 Å². The molecule has 0 aliphatic carbocycles. The van der Waals surface area contributed by atoms with Gasteiger partial charge < -0.3 is 9.90 Å². The van der Waals surface area contributed by atoms with Crippen molar-refractivity contribution in [1.82, 2.24) is 0 Å². The Labute approximate surface area is 74.5 Å². The molecule has 0 saturated heterocycles. The number of rotatable bonds is 3. The molecule has 3 nitrogen and oxygen atoms in total. The normalized spacial score (nSPS) is 10.5. The quantitative estimate of drug-likeness (QED) is 0.614. The smallest absolute Gasteiger partial charge is 0.131 e. The molecule has 0 fully saturated rings. The Morgan fingerprint density at radius 1 is 1.54 bits per heavy atom. The predicted octanol–water partition coefficient (Wildman–Crippen LogP) is -0.00550. The van der Waals surface area contributed by atoms with E-state index in [0.29, 0.717) is 0 Å². The maximum atomic E-state index is 12.9. The van der Waals surface area contributed by atoms with Gasteiger partial charge in [-0.2, -0.15) is 0 Å². The minimum atomic E-state index is -1.28. The van der Waals surface area contributed by atoms with E-state index in [1.165, 1.54) is 18.3 Å². The highest BCUT2D eigenvalue weighted by molar-refractivity contribution is 5.81. The molecule has 1 aromatic carbocycles. The van der Waals surface area contributed by atoms with Crippen molar-refractivity contribution in [3.05, 3.63) is 35.6 Å². The Kier molecular flexibility index (Phi) is 3.14. The van der Waals surface area contributed by atoms with Crippen molar-refractivity contribution < 1.29 is 14.3 Å². The molecule has 0 N–H and O–H groups in total. The van der Waals surface area contributed by atoms with E-state index >= 15 is 0 Å². The molecule has 0 aromatic heterocycles. The Balaban J connectivity index is 2.68. The van der Waals surface area contributed by atoms with Crippen LogP contribution >= 0.6 is 0 Å². The van der Waals surface area contributed by atoms with E-state index in [1.807, 2.05) is 0 Å². The van der Waals surface area contributed by atoms with Crippen LogP contribution in [0, 0.1) is 5.82 Å². The van der Waals surface area contributed by atoms with Crippen LogP contribution in [-0.2, 0) is 4.79 Å². The molecule has 1 rings (SSSR count). The van der Waals surface area contributed by atoms with Gasteiger partial charge in [-0.3, -0.25) is 4.99 Å². The topological polar surface area (TPSA) is 52.5 Å². The number of aliphatic imine (C=N–C) groups is 1. The third kappa shape index (κ3) is 3.02. The van der Waals surface area contributed by atoms with Gasteiger partial charge in [0.15, 0.2) is 0 Å². The van der Waals surface area contributed by atoms with Crippen LogP contribution in [0.4, 0.5) is 4.39 Å². The van der Waals surface area contributed by atoms with E-state index in [4.69, 9.17) is 0 Å². The number of carbonyl (C=O) groups excluding carboxylic acids is 1. The van der Waals surface area contributed by atoms with Crippen molar-refractivity contribution >= 4 is 12.2 Å². The van der Waals surface area contributed by atoms with Gasteiger partial charge in [-0.1, -0.05) is 18.2 Å². The van der Waals surface area contributed by atoms with Gasteiger partial charge in [-0.25, -0.2) is 4.39 Å². The number of hydrogen-bond donors (Lipinski definition) is 0. The zero-order chi connectivity index (χ0) is 9.68. The van der Waals surface area contributed by atoms with Gasteiger partial charge in [0.1, 0.15) is 5.82 Å². The summed E-state index contributed by atoms with van der Waals surface area (Å²) in [5.41, 5.74) is 0.267. The first kappa shape index (κ1) is 9.38. The summed E-state index contributed by atoms with van der Waals surface area (Å²) in [5.74, 6) is -1.71. The van der Waals surface area contributed by atoms with Gasteiger partial charge in [0, 0.05) is 11.8 Å². The number of hydrogen-bond acceptors (Lipinski definition) is 3. The largest absolute Gasteiger partial charge is 0.548 e. The lowest BCUT2D eigenvalue weighted by Gasteiger charge is -1.96. The summed E-state index contributed by atoms with van der Waals surface area (Å²) >= 11 is 0. The van der Waals surface area contributed by atoms with Crippen LogP contribution in [0.2, 0.25) is 0 Å². The predicted molar refractivity (Wildman–Crippen MR) is 43.9 cm³/mol. The van der Waals surface area contributed by atoms with Crippen LogP contribution in [0.5, 0.6) is 0 Å². The van der Waals surface area contributed by atoms with Gasteiger partial charge in [0.25, 0.3) is 0 Å². The number of carboxylic acids is 1. The summed E-state index contributed by atoms with van der Waals surface area (Å²) < 4.78 is 12.9. The van der Waals surface area contributed by atoms with E-state index in [0.717, 1.165) is 0 Å². The molecule has 0 amide bonds. The summed E-state index contributed by atoms with van der Waals surface area (Å²) in [7, 11) is 0. The van der Waals surface area contributed by atoms with Gasteiger partial charge in [0.2, 0.25) is 0 Å². The molecule has 4 heteroatoms. The van der Waals surface area contributed by atoms with E-state index in [1.54, 1.807) is 12.1 Å². The van der Waals surface area contributed by atoms with Crippen molar-refractivity contribution in [2.24, 2.45) is 4.99 Å². The number of halogens is 1. The molecule has 0 saturated carbocycles. The zero-order valence-corrected chi connectivity index (χ0v) is 6.74. The first-order valence-electron chi connectivity index (χ1n) is 3.64. The number of carboxylic acid groups (broad SMARTS) is 1. The lowest BCUT2D eigenvalue weighted by molar-refractivity contribution is -0.303. The van der Waals surface area contributed by atoms with Crippen molar-refractivity contribution in [1.29, 1.82) is 0 Å². The lowest BCUT2D eigenvalue weighted by atomic mass is 10.2. The fourth-order valence-electron chi connectivity index (χ4n) is 0.798. The monoisotopic (exact) mass is 180 g/mol. The van der Waals surface area contributed by atoms with Gasteiger partial charge in [-0.05, 0) is 6.07 Å². The Morgan fingerprint density at radius 3 is 2.85 bits per heavy atom. The molecule has 0 heterocycles. The van der Waals surface area contributed by atoms with Crippen LogP contribution in [0.3, 0.4) is 0 Å². The molecule has 13 heavy (non-hydrogen) atoms. The van der Waals surface area contributed by atoms with Crippen LogP contribution in [0.25, 0.3) is 0 Å². The molecule has 68 valence electrons. The van der Waals surface area contributed by atoms with Crippen LogP contribution < -0.4 is 5.11 Å². The summed E-state index contributed by atoms with van der Waals surface area (Å²) in [6.07, 6.45) is 1.17. The van der Waals surface area contributed by atoms with E-state index < -0.39 is 18.3 Å². The number of carbonyl (C=O) groups is 1. The SMILES string of the molecule is O=C([O-])CN=Cc1ccccc1F. The van der Waals surface area contributed by atoms with Gasteiger partial charge in [-0.15, -0.1) is 0 Å². The fraction of sp³-hybridized carbons (Fsp3) is 0.111. The Hall–Kier alpha value is -1.71. The van der Waals surface area contributed by atoms with Crippen molar-refractivity contribution in [2.45, 2.75) is 0 Å². The Bertz CT molecular complexity index is 336. The number of nitrogens with zero attached hydrogens (tertiary/aromatic N) is 1. The van der Waals surface area contributed by atoms with Crippen LogP contribution in [0.1, 0.15) is 5.56 Å². The molecule has 0 spiro atoms. The maximum absolute atomic E-state index is 12.9. The second-order valence-electron chi connectivity index (χ2n) is 2.36. The molecule has 0 unspecified atom stereocenters. The van der Waals surface area contributed by atoms with E-state index in [2.05, 4.69) is 4.99 Å². The summed E-state index contributed by atoms with van der Waals surface area (Å²) in [5, 5.41) is 9.96. The highest BCUT2D eigenvalue weighted by Crippen LogP contribution is 2.02. The summed E-state index contributed by atoms with van der Waals surface area (Å²) in [6.45, 7) is -0.450. The van der Waals surface area contributed by atoms with E-state index in [9.17, 15) is 14.3 Å². The number of benzene rings is 1. The average molecular weight is 180 g/mol. The second-order valence-corrected chi connectivity index (χ2v) is 2.36. The summed E-state index contributed by atoms with van der Waals surface area (Å²) in [4.78, 5) is 13.4. The molecule has 0 bridgehead atoms. The lowest BCUT2D eigenvalue weighted by Crippen LogP contribution is -2.25. The molecule has 1 aromatic rings. The highest BCUT2D eigenvalue weighted by Gasteiger charge is 1.94. The fourth-order valence-corrected chi connectivity index (χ4v) is 0.798. The minimum absolute atomic E-state index is 0.267. The molecule has 0 aliphatic heterocycles. The van der Waals surface area contributed by atoms with Crippen molar-refractivity contribution in [2.75, 3.05) is 6.54 Å². The highest BCUT2D eigenvalue weighted by atomic mass is 19.1. The Morgan fingerprint density at radius 2 is 2.23 bits per heavy atom. The third-order valence-electron chi connectivity index (χ3n) is 1.36. The average Bonchev–Trinajstić information content (AvgIpc) is 2.08. The molecule has 0 aliphatic rings. The maximum Gasteiger partial charge on any atom is 0.131 e. The first-order chi connectivity index (χ1) is 6.20. The minimum Gasteiger partial charge on any atom is -0.548 e. The molecular weight excluding hydrogens is 173 g/mol. The van der Waals surface area contributed by atoms with Crippen LogP contribution in [0.15, 0.2) is 29.3 Å². The molecular formula is C9H7FNO2-. The van der Waals surface area contributed by atoms with Crippen molar-refractivity contribution in [3.8, 4) is 0 Å². The van der Waals surface area contributed by atoms with Gasteiger partial charge >= 0.3 is 0 Å². The second kappa shape index (κ2) is 4.35. The molecule has 0 radical (unpaired) electrons. The zero-order valence-electron chi connectivity index (χ0n) is 6.74. The van der Waals surface area contributed by atoms with E-state index in [-0.39, 0.29) is 5.56 Å². The molecule has 0 atom stereocenters. The van der Waals surface area contributed by atoms with Crippen molar-refractivity contribution in [3.63, 3.8) is 0 Å².